The van der Waals surface area contributed by atoms with Gasteiger partial charge in [-0.15, -0.1) is 0 Å². The molecule has 33 heavy (non-hydrogen) atoms. The van der Waals surface area contributed by atoms with Crippen molar-refractivity contribution in [1.82, 2.24) is 15.3 Å². The Bertz CT molecular complexity index is 1160. The molecule has 0 spiro atoms. The van der Waals surface area contributed by atoms with Crippen LogP contribution in [0.5, 0.6) is 5.88 Å². The highest BCUT2D eigenvalue weighted by Gasteiger charge is 2.46. The molecule has 9 nitrogen and oxygen atoms in total. The summed E-state index contributed by atoms with van der Waals surface area (Å²) in [6.45, 7) is 4.71. The summed E-state index contributed by atoms with van der Waals surface area (Å²) in [6.07, 6.45) is -5.17. The quantitative estimate of drug-likeness (QED) is 0.453. The number of hydrogen-bond acceptors (Lipinski definition) is 8. The average Bonchev–Trinajstić information content (AvgIpc) is 2.79. The van der Waals surface area contributed by atoms with E-state index in [0.29, 0.717) is 16.7 Å². The molecule has 3 aromatic rings. The van der Waals surface area contributed by atoms with E-state index in [1.165, 1.54) is 6.92 Å². The Kier molecular flexibility index (Phi) is 6.57. The topological polar surface area (TPSA) is 134 Å². The molecule has 0 bridgehead atoms. The molecule has 174 valence electrons. The smallest absolute Gasteiger partial charge is 0.243 e. The number of fused-ring (bicyclic) bond motifs is 1. The maximum atomic E-state index is 11.8. The van der Waals surface area contributed by atoms with Crippen LogP contribution >= 0.6 is 0 Å². The van der Waals surface area contributed by atoms with Crippen LogP contribution in [0.1, 0.15) is 18.1 Å². The lowest BCUT2D eigenvalue weighted by Crippen LogP contribution is -2.65. The molecule has 2 aromatic carbocycles. The Morgan fingerprint density at radius 3 is 2.30 bits per heavy atom. The molecule has 1 amide bonds. The Labute approximate surface area is 191 Å². The van der Waals surface area contributed by atoms with Gasteiger partial charge in [0, 0.05) is 12.5 Å². The second-order valence-electron chi connectivity index (χ2n) is 8.22. The lowest BCUT2D eigenvalue weighted by Gasteiger charge is -2.41. The van der Waals surface area contributed by atoms with E-state index >= 15 is 0 Å². The fourth-order valence-electron chi connectivity index (χ4n) is 3.84. The highest BCUT2D eigenvalue weighted by Crippen LogP contribution is 2.32. The van der Waals surface area contributed by atoms with E-state index in [-0.39, 0.29) is 5.88 Å². The molecule has 5 atom stereocenters. The first-order valence-electron chi connectivity index (χ1n) is 10.7. The van der Waals surface area contributed by atoms with Crippen LogP contribution in [0.2, 0.25) is 0 Å². The first-order chi connectivity index (χ1) is 15.8. The molecule has 9 heteroatoms. The second-order valence-corrected chi connectivity index (χ2v) is 8.22. The largest absolute Gasteiger partial charge is 0.444 e. The van der Waals surface area contributed by atoms with E-state index in [0.717, 1.165) is 16.7 Å². The number of rotatable bonds is 5. The Hall–Kier alpha value is -3.11. The molecule has 0 unspecified atom stereocenters. The summed E-state index contributed by atoms with van der Waals surface area (Å²) in [7, 11) is 0. The predicted molar refractivity (Wildman–Crippen MR) is 120 cm³/mol. The SMILES string of the molecule is CC(=O)N[C@H]1[C@H](Oc2nc3cc(C)c(C)cc3nc2-c2ccccc2)O[C@H](CO)[C@@H](O)[C@@H]1O. The van der Waals surface area contributed by atoms with Crippen LogP contribution in [-0.2, 0) is 9.53 Å². The molecule has 4 N–H and O–H groups in total. The number of ether oxygens (including phenoxy) is 2. The van der Waals surface area contributed by atoms with Crippen LogP contribution in [0, 0.1) is 13.8 Å². The van der Waals surface area contributed by atoms with Crippen molar-refractivity contribution < 1.29 is 29.6 Å². The second kappa shape index (κ2) is 9.40. The number of aliphatic hydroxyl groups is 3. The number of aromatic nitrogens is 2. The summed E-state index contributed by atoms with van der Waals surface area (Å²) in [4.78, 5) is 21.2. The first-order valence-corrected chi connectivity index (χ1v) is 10.7. The molecule has 1 aromatic heterocycles. The van der Waals surface area contributed by atoms with Gasteiger partial charge in [-0.05, 0) is 37.1 Å². The third kappa shape index (κ3) is 4.67. The van der Waals surface area contributed by atoms with Crippen molar-refractivity contribution in [3.8, 4) is 17.1 Å². The van der Waals surface area contributed by atoms with Gasteiger partial charge in [0.2, 0.25) is 18.1 Å². The predicted octanol–water partition coefficient (Wildman–Crippen LogP) is 1.24. The van der Waals surface area contributed by atoms with Gasteiger partial charge in [-0.1, -0.05) is 30.3 Å². The van der Waals surface area contributed by atoms with Crippen molar-refractivity contribution in [3.05, 3.63) is 53.6 Å². The Morgan fingerprint density at radius 2 is 1.70 bits per heavy atom. The Balaban J connectivity index is 1.81. The third-order valence-electron chi connectivity index (χ3n) is 5.77. The van der Waals surface area contributed by atoms with Gasteiger partial charge < -0.3 is 30.1 Å². The number of aliphatic hydroxyl groups excluding tert-OH is 3. The van der Waals surface area contributed by atoms with Gasteiger partial charge in [-0.25, -0.2) is 9.97 Å². The number of aryl methyl sites for hydroxylation is 2. The maximum absolute atomic E-state index is 11.8. The summed E-state index contributed by atoms with van der Waals surface area (Å²) in [6, 6.07) is 12.1. The summed E-state index contributed by atoms with van der Waals surface area (Å²) in [5.41, 5.74) is 4.63. The third-order valence-corrected chi connectivity index (χ3v) is 5.77. The zero-order valence-electron chi connectivity index (χ0n) is 18.6. The van der Waals surface area contributed by atoms with Crippen molar-refractivity contribution in [2.75, 3.05) is 6.61 Å². The number of hydrogen-bond donors (Lipinski definition) is 4. The van der Waals surface area contributed by atoms with Crippen LogP contribution in [0.4, 0.5) is 0 Å². The fraction of sp³-hybridized carbons (Fsp3) is 0.375. The summed E-state index contributed by atoms with van der Waals surface area (Å²) < 4.78 is 11.8. The minimum Gasteiger partial charge on any atom is -0.444 e. The molecule has 1 saturated heterocycles. The lowest BCUT2D eigenvalue weighted by molar-refractivity contribution is -0.245. The van der Waals surface area contributed by atoms with Gasteiger partial charge >= 0.3 is 0 Å². The molecule has 1 fully saturated rings. The van der Waals surface area contributed by atoms with Gasteiger partial charge in [0.05, 0.1) is 17.6 Å². The van der Waals surface area contributed by atoms with Crippen LogP contribution in [0.15, 0.2) is 42.5 Å². The van der Waals surface area contributed by atoms with Crippen molar-refractivity contribution in [2.24, 2.45) is 0 Å². The fourth-order valence-corrected chi connectivity index (χ4v) is 3.84. The van der Waals surface area contributed by atoms with Crippen LogP contribution in [-0.4, -0.2) is 68.4 Å². The normalized spacial score (nSPS) is 25.1. The summed E-state index contributed by atoms with van der Waals surface area (Å²) in [5.74, 6) is -0.303. The van der Waals surface area contributed by atoms with Gasteiger partial charge in [0.1, 0.15) is 30.0 Å². The van der Waals surface area contributed by atoms with Gasteiger partial charge in [0.15, 0.2) is 0 Å². The highest BCUT2D eigenvalue weighted by atomic mass is 16.7. The minimum absolute atomic E-state index is 0.137. The van der Waals surface area contributed by atoms with E-state index in [2.05, 4.69) is 10.3 Å². The van der Waals surface area contributed by atoms with Crippen molar-refractivity contribution >= 4 is 16.9 Å². The molecule has 0 radical (unpaired) electrons. The molecular formula is C24H27N3O6. The zero-order chi connectivity index (χ0) is 23.7. The monoisotopic (exact) mass is 453 g/mol. The number of carbonyl (C=O) groups is 1. The molecule has 0 saturated carbocycles. The van der Waals surface area contributed by atoms with E-state index < -0.39 is 43.2 Å². The number of amides is 1. The van der Waals surface area contributed by atoms with Crippen molar-refractivity contribution in [3.63, 3.8) is 0 Å². The van der Waals surface area contributed by atoms with E-state index in [1.807, 2.05) is 56.3 Å². The van der Waals surface area contributed by atoms with Crippen LogP contribution in [0.25, 0.3) is 22.3 Å². The molecule has 1 aliphatic heterocycles. The standard InChI is InChI=1S/C24H27N3O6/c1-12-9-16-17(10-13(12)2)27-23(19(26-16)15-7-5-4-6-8-15)33-24-20(25-14(3)29)22(31)21(30)18(11-28)32-24/h4-10,18,20-22,24,28,30-31H,11H2,1-3H3,(H,25,29)/t18-,20-,21-,22-,24+/m1/s1. The zero-order valence-corrected chi connectivity index (χ0v) is 18.6. The van der Waals surface area contributed by atoms with Crippen LogP contribution < -0.4 is 10.1 Å². The molecule has 0 aliphatic carbocycles. The highest BCUT2D eigenvalue weighted by molar-refractivity contribution is 5.81. The lowest BCUT2D eigenvalue weighted by atomic mass is 9.97. The molecule has 1 aliphatic rings. The average molecular weight is 453 g/mol. The summed E-state index contributed by atoms with van der Waals surface area (Å²) in [5, 5.41) is 33.0. The molecule has 4 rings (SSSR count). The Morgan fingerprint density at radius 1 is 1.06 bits per heavy atom. The first kappa shape index (κ1) is 23.1. The number of benzene rings is 2. The van der Waals surface area contributed by atoms with Gasteiger partial charge in [-0.3, -0.25) is 4.79 Å². The summed E-state index contributed by atoms with van der Waals surface area (Å²) >= 11 is 0. The minimum atomic E-state index is -1.43. The maximum Gasteiger partial charge on any atom is 0.243 e. The number of carbonyl (C=O) groups excluding carboxylic acids is 1. The van der Waals surface area contributed by atoms with Gasteiger partial charge in [-0.2, -0.15) is 0 Å². The molecule has 2 heterocycles. The van der Waals surface area contributed by atoms with E-state index in [4.69, 9.17) is 14.5 Å². The van der Waals surface area contributed by atoms with Gasteiger partial charge in [0.25, 0.3) is 0 Å². The van der Waals surface area contributed by atoms with E-state index in [1.54, 1.807) is 0 Å². The van der Waals surface area contributed by atoms with E-state index in [9.17, 15) is 20.1 Å². The number of nitrogens with zero attached hydrogens (tertiary/aromatic N) is 2. The molecular weight excluding hydrogens is 426 g/mol. The van der Waals surface area contributed by atoms with Crippen molar-refractivity contribution in [1.29, 1.82) is 0 Å². The van der Waals surface area contributed by atoms with Crippen LogP contribution in [0.3, 0.4) is 0 Å². The van der Waals surface area contributed by atoms with Crippen molar-refractivity contribution in [2.45, 2.75) is 51.4 Å². The number of nitrogens with one attached hydrogen (secondary N) is 1.